The van der Waals surface area contributed by atoms with Crippen LogP contribution in [0.4, 0.5) is 16.2 Å². The van der Waals surface area contributed by atoms with Crippen LogP contribution in [0.1, 0.15) is 18.5 Å². The summed E-state index contributed by atoms with van der Waals surface area (Å²) in [6, 6.07) is 14.0. The molecule has 1 atom stereocenters. The van der Waals surface area contributed by atoms with Gasteiger partial charge in [0.2, 0.25) is 0 Å². The van der Waals surface area contributed by atoms with Crippen LogP contribution >= 0.6 is 0 Å². The number of amides is 2. The van der Waals surface area contributed by atoms with E-state index in [-0.39, 0.29) is 12.1 Å². The molecule has 122 valence electrons. The Morgan fingerprint density at radius 3 is 2.88 bits per heavy atom. The first-order chi connectivity index (χ1) is 11.8. The topological polar surface area (TPSA) is 73.0 Å². The number of carbonyl (C=O) groups excluding carboxylic acids is 1. The third-order valence-electron chi connectivity index (χ3n) is 4.34. The Morgan fingerprint density at radius 1 is 1.25 bits per heavy atom. The number of hydrogen-bond donors (Lipinski definition) is 3. The van der Waals surface area contributed by atoms with E-state index in [1.165, 1.54) is 0 Å². The molecule has 24 heavy (non-hydrogen) atoms. The molecule has 4 rings (SSSR count). The lowest BCUT2D eigenvalue weighted by Gasteiger charge is -2.23. The Bertz CT molecular complexity index is 871. The highest BCUT2D eigenvalue weighted by Crippen LogP contribution is 2.32. The summed E-state index contributed by atoms with van der Waals surface area (Å²) in [7, 11) is 0. The van der Waals surface area contributed by atoms with Gasteiger partial charge in [-0.3, -0.25) is 4.90 Å². The van der Waals surface area contributed by atoms with Gasteiger partial charge in [0.05, 0.1) is 23.4 Å². The molecule has 6 nitrogen and oxygen atoms in total. The van der Waals surface area contributed by atoms with E-state index in [0.717, 1.165) is 34.5 Å². The summed E-state index contributed by atoms with van der Waals surface area (Å²) in [6.07, 6.45) is 1.66. The molecule has 3 aromatic rings. The summed E-state index contributed by atoms with van der Waals surface area (Å²) in [5.74, 6) is 0. The van der Waals surface area contributed by atoms with E-state index >= 15 is 0 Å². The number of nitrogens with one attached hydrogen (secondary N) is 3. The van der Waals surface area contributed by atoms with Crippen molar-refractivity contribution >= 4 is 28.4 Å². The molecule has 3 N–H and O–H groups in total. The van der Waals surface area contributed by atoms with Gasteiger partial charge in [-0.25, -0.2) is 9.78 Å². The van der Waals surface area contributed by atoms with Gasteiger partial charge in [-0.1, -0.05) is 12.1 Å². The molecule has 0 bridgehead atoms. The van der Waals surface area contributed by atoms with Gasteiger partial charge in [-0.2, -0.15) is 0 Å². The number of fused-ring (bicyclic) bond motifs is 1. The summed E-state index contributed by atoms with van der Waals surface area (Å²) in [6.45, 7) is 3.55. The Morgan fingerprint density at radius 2 is 2.08 bits per heavy atom. The number of hydrogen-bond acceptors (Lipinski definition) is 3. The maximum Gasteiger partial charge on any atom is 0.322 e. The van der Waals surface area contributed by atoms with Crippen molar-refractivity contribution in [3.63, 3.8) is 0 Å². The molecule has 2 amide bonds. The van der Waals surface area contributed by atoms with E-state index < -0.39 is 0 Å². The quantitative estimate of drug-likeness (QED) is 0.690. The van der Waals surface area contributed by atoms with E-state index in [0.29, 0.717) is 6.54 Å². The number of imidazole rings is 1. The number of anilines is 2. The lowest BCUT2D eigenvalue weighted by molar-refractivity contribution is 0.251. The Hall–Kier alpha value is -3.02. The summed E-state index contributed by atoms with van der Waals surface area (Å²) in [5.41, 5.74) is 4.86. The van der Waals surface area contributed by atoms with E-state index in [1.807, 2.05) is 18.2 Å². The first-order valence-electron chi connectivity index (χ1n) is 8.10. The maximum atomic E-state index is 12.4. The lowest BCUT2D eigenvalue weighted by Crippen LogP contribution is -2.29. The Kier molecular flexibility index (Phi) is 3.57. The van der Waals surface area contributed by atoms with Gasteiger partial charge in [0, 0.05) is 24.5 Å². The fourth-order valence-electron chi connectivity index (χ4n) is 3.16. The standard InChI is InChI=1S/C18H19N5O/c1-2-19-13-5-3-12(4-6-13)17-10-20-18(24)23(17)14-7-8-15-16(9-14)22-11-21-15/h3-9,11,17,19H,2,10H2,1H3,(H,20,24)(H,21,22)/t17-/m1/s1. The Labute approximate surface area is 139 Å². The second kappa shape index (κ2) is 5.88. The van der Waals surface area contributed by atoms with Crippen molar-refractivity contribution in [2.24, 2.45) is 0 Å². The molecule has 0 radical (unpaired) electrons. The van der Waals surface area contributed by atoms with Crippen LogP contribution in [-0.4, -0.2) is 29.1 Å². The van der Waals surface area contributed by atoms with Gasteiger partial charge in [-0.05, 0) is 42.8 Å². The fraction of sp³-hybridized carbons (Fsp3) is 0.222. The normalized spacial score (nSPS) is 17.3. The molecule has 0 saturated carbocycles. The molecule has 0 unspecified atom stereocenters. The van der Waals surface area contributed by atoms with E-state index in [2.05, 4.69) is 51.8 Å². The van der Waals surface area contributed by atoms with Crippen LogP contribution in [0.15, 0.2) is 48.8 Å². The van der Waals surface area contributed by atoms with E-state index in [9.17, 15) is 4.79 Å². The highest BCUT2D eigenvalue weighted by Gasteiger charge is 2.33. The smallest absolute Gasteiger partial charge is 0.322 e. The maximum absolute atomic E-state index is 12.4. The van der Waals surface area contributed by atoms with Crippen LogP contribution in [0, 0.1) is 0 Å². The van der Waals surface area contributed by atoms with Crippen molar-refractivity contribution in [1.29, 1.82) is 0 Å². The van der Waals surface area contributed by atoms with Crippen LogP contribution in [0.5, 0.6) is 0 Å². The average molecular weight is 321 g/mol. The molecule has 1 aromatic heterocycles. The van der Waals surface area contributed by atoms with Crippen molar-refractivity contribution in [2.45, 2.75) is 13.0 Å². The summed E-state index contributed by atoms with van der Waals surface area (Å²) in [5, 5.41) is 6.23. The molecule has 1 aliphatic heterocycles. The number of rotatable bonds is 4. The van der Waals surface area contributed by atoms with Crippen molar-refractivity contribution in [3.05, 3.63) is 54.4 Å². The van der Waals surface area contributed by atoms with Crippen molar-refractivity contribution in [2.75, 3.05) is 23.3 Å². The van der Waals surface area contributed by atoms with Crippen LogP contribution in [0.25, 0.3) is 11.0 Å². The van der Waals surface area contributed by atoms with Gasteiger partial charge in [0.25, 0.3) is 0 Å². The number of H-pyrrole nitrogens is 1. The van der Waals surface area contributed by atoms with Crippen LogP contribution < -0.4 is 15.5 Å². The summed E-state index contributed by atoms with van der Waals surface area (Å²) >= 11 is 0. The first-order valence-corrected chi connectivity index (χ1v) is 8.10. The predicted octanol–water partition coefficient (Wildman–Crippen LogP) is 3.27. The molecule has 0 aliphatic carbocycles. The van der Waals surface area contributed by atoms with Crippen LogP contribution in [-0.2, 0) is 0 Å². The predicted molar refractivity (Wildman–Crippen MR) is 95.3 cm³/mol. The second-order valence-electron chi connectivity index (χ2n) is 5.83. The minimum absolute atomic E-state index is 0.0235. The largest absolute Gasteiger partial charge is 0.385 e. The van der Waals surface area contributed by atoms with Crippen LogP contribution in [0.3, 0.4) is 0 Å². The third-order valence-corrected chi connectivity index (χ3v) is 4.34. The lowest BCUT2D eigenvalue weighted by atomic mass is 10.1. The molecule has 6 heteroatoms. The summed E-state index contributed by atoms with van der Waals surface area (Å²) < 4.78 is 0. The van der Waals surface area contributed by atoms with Crippen molar-refractivity contribution in [1.82, 2.24) is 15.3 Å². The van der Waals surface area contributed by atoms with Gasteiger partial charge in [0.15, 0.2) is 0 Å². The van der Waals surface area contributed by atoms with E-state index in [4.69, 9.17) is 0 Å². The summed E-state index contributed by atoms with van der Waals surface area (Å²) in [4.78, 5) is 21.5. The third kappa shape index (κ3) is 2.46. The highest BCUT2D eigenvalue weighted by atomic mass is 16.2. The number of aromatic nitrogens is 2. The number of nitrogens with zero attached hydrogens (tertiary/aromatic N) is 2. The molecular formula is C18H19N5O. The number of aromatic amines is 1. The second-order valence-corrected chi connectivity index (χ2v) is 5.83. The minimum Gasteiger partial charge on any atom is -0.385 e. The Balaban J connectivity index is 1.68. The minimum atomic E-state index is -0.0781. The molecule has 0 spiro atoms. The SMILES string of the molecule is CCNc1ccc([C@H]2CNC(=O)N2c2ccc3[nH]cnc3c2)cc1. The van der Waals surface area contributed by atoms with Gasteiger partial charge < -0.3 is 15.6 Å². The zero-order valence-corrected chi connectivity index (χ0v) is 13.4. The molecule has 1 fully saturated rings. The van der Waals surface area contributed by atoms with Crippen molar-refractivity contribution in [3.8, 4) is 0 Å². The molecule has 1 saturated heterocycles. The zero-order valence-electron chi connectivity index (χ0n) is 13.4. The average Bonchev–Trinajstić information content (AvgIpc) is 3.21. The highest BCUT2D eigenvalue weighted by molar-refractivity contribution is 5.97. The molecule has 1 aliphatic rings. The zero-order chi connectivity index (χ0) is 16.5. The number of carbonyl (C=O) groups is 1. The molecular weight excluding hydrogens is 302 g/mol. The monoisotopic (exact) mass is 321 g/mol. The molecule has 2 heterocycles. The number of benzene rings is 2. The van der Waals surface area contributed by atoms with Gasteiger partial charge in [-0.15, -0.1) is 0 Å². The number of urea groups is 1. The van der Waals surface area contributed by atoms with E-state index in [1.54, 1.807) is 11.2 Å². The van der Waals surface area contributed by atoms with Crippen molar-refractivity contribution < 1.29 is 4.79 Å². The fourth-order valence-corrected chi connectivity index (χ4v) is 3.16. The van der Waals surface area contributed by atoms with Gasteiger partial charge in [0.1, 0.15) is 0 Å². The van der Waals surface area contributed by atoms with Crippen LogP contribution in [0.2, 0.25) is 0 Å². The first kappa shape index (κ1) is 14.6. The van der Waals surface area contributed by atoms with Gasteiger partial charge >= 0.3 is 6.03 Å². The molecule has 2 aromatic carbocycles.